The minimum absolute atomic E-state index is 0.0887. The number of benzene rings is 1. The van der Waals surface area contributed by atoms with E-state index in [2.05, 4.69) is 5.32 Å². The number of nitrogens with zero attached hydrogens (tertiary/aromatic N) is 2. The van der Waals surface area contributed by atoms with Crippen molar-refractivity contribution in [2.45, 2.75) is 6.92 Å². The highest BCUT2D eigenvalue weighted by Gasteiger charge is 2.13. The van der Waals surface area contributed by atoms with Crippen molar-refractivity contribution >= 4 is 23.4 Å². The van der Waals surface area contributed by atoms with Gasteiger partial charge in [0.05, 0.1) is 15.4 Å². The highest BCUT2D eigenvalue weighted by Crippen LogP contribution is 2.24. The van der Waals surface area contributed by atoms with Crippen molar-refractivity contribution < 1.29 is 14.6 Å². The molecular formula is C10H9N3O5. The van der Waals surface area contributed by atoms with Gasteiger partial charge in [-0.15, -0.1) is 0 Å². The lowest BCUT2D eigenvalue weighted by atomic mass is 10.1. The lowest BCUT2D eigenvalue weighted by Crippen LogP contribution is -2.06. The van der Waals surface area contributed by atoms with Crippen LogP contribution in [-0.4, -0.2) is 15.8 Å². The summed E-state index contributed by atoms with van der Waals surface area (Å²) in [6.45, 7) is 1.27. The van der Waals surface area contributed by atoms with Gasteiger partial charge in [-0.05, 0) is 12.1 Å². The van der Waals surface area contributed by atoms with Gasteiger partial charge >= 0.3 is 0 Å². The molecule has 0 aromatic heterocycles. The molecule has 0 saturated heterocycles. The van der Waals surface area contributed by atoms with Gasteiger partial charge in [-0.3, -0.25) is 25.0 Å². The lowest BCUT2D eigenvalue weighted by Gasteiger charge is -2.03. The van der Waals surface area contributed by atoms with E-state index in [1.54, 1.807) is 0 Å². The average Bonchev–Trinajstić information content (AvgIpc) is 2.26. The fourth-order valence-corrected chi connectivity index (χ4v) is 1.26. The Morgan fingerprint density at radius 1 is 1.33 bits per heavy atom. The Labute approximate surface area is 101 Å². The summed E-state index contributed by atoms with van der Waals surface area (Å²) in [6, 6.07) is 3.89. The van der Waals surface area contributed by atoms with Crippen molar-refractivity contribution in [1.29, 1.82) is 0 Å². The Hall–Kier alpha value is -2.77. The molecule has 1 aromatic carbocycles. The van der Waals surface area contributed by atoms with E-state index in [9.17, 15) is 25.0 Å². The highest BCUT2D eigenvalue weighted by atomic mass is 16.6. The minimum atomic E-state index is -0.717. The van der Waals surface area contributed by atoms with Crippen LogP contribution in [0.15, 0.2) is 24.4 Å². The molecule has 0 atom stereocenters. The van der Waals surface area contributed by atoms with Crippen LogP contribution < -0.4 is 5.32 Å². The SMILES string of the molecule is CC(=O)Nc1ccc(/C=C/[N+](=O)[O-])c([N+](=O)[O-])c1. The zero-order valence-electron chi connectivity index (χ0n) is 9.32. The second kappa shape index (κ2) is 5.53. The molecule has 0 fully saturated rings. The molecule has 1 rings (SSSR count). The molecule has 8 heteroatoms. The number of hydrogen-bond donors (Lipinski definition) is 1. The first-order valence-corrected chi connectivity index (χ1v) is 4.78. The van der Waals surface area contributed by atoms with Crippen LogP contribution >= 0.6 is 0 Å². The quantitative estimate of drug-likeness (QED) is 0.647. The Morgan fingerprint density at radius 2 is 2.00 bits per heavy atom. The van der Waals surface area contributed by atoms with Crippen molar-refractivity contribution in [2.75, 3.05) is 5.32 Å². The van der Waals surface area contributed by atoms with Crippen LogP contribution in [0.25, 0.3) is 6.08 Å². The normalized spacial score (nSPS) is 10.3. The van der Waals surface area contributed by atoms with Crippen LogP contribution in [0.2, 0.25) is 0 Å². The van der Waals surface area contributed by atoms with Crippen LogP contribution in [0.1, 0.15) is 12.5 Å². The smallest absolute Gasteiger partial charge is 0.278 e. The molecule has 1 aromatic rings. The van der Waals surface area contributed by atoms with E-state index in [0.29, 0.717) is 6.20 Å². The van der Waals surface area contributed by atoms with Crippen molar-refractivity contribution in [2.24, 2.45) is 0 Å². The molecule has 0 bridgehead atoms. The third-order valence-electron chi connectivity index (χ3n) is 1.92. The Morgan fingerprint density at radius 3 is 2.50 bits per heavy atom. The molecule has 0 saturated carbocycles. The zero-order chi connectivity index (χ0) is 13.7. The average molecular weight is 251 g/mol. The summed E-state index contributed by atoms with van der Waals surface area (Å²) >= 11 is 0. The summed E-state index contributed by atoms with van der Waals surface area (Å²) in [7, 11) is 0. The first kappa shape index (κ1) is 13.3. The number of nitro groups is 2. The van der Waals surface area contributed by atoms with Crippen LogP contribution in [0.5, 0.6) is 0 Å². The van der Waals surface area contributed by atoms with Crippen molar-refractivity contribution in [1.82, 2.24) is 0 Å². The summed E-state index contributed by atoms with van der Waals surface area (Å²) in [5.74, 6) is -0.363. The summed E-state index contributed by atoms with van der Waals surface area (Å²) < 4.78 is 0. The molecule has 0 heterocycles. The van der Waals surface area contributed by atoms with E-state index in [0.717, 1.165) is 12.1 Å². The van der Waals surface area contributed by atoms with E-state index >= 15 is 0 Å². The Bertz CT molecular complexity index is 538. The first-order chi connectivity index (χ1) is 8.40. The molecule has 1 N–H and O–H groups in total. The van der Waals surface area contributed by atoms with Gasteiger partial charge in [-0.25, -0.2) is 0 Å². The monoisotopic (exact) mass is 251 g/mol. The molecule has 0 aliphatic heterocycles. The van der Waals surface area contributed by atoms with Gasteiger partial charge in [0.25, 0.3) is 5.69 Å². The number of hydrogen-bond acceptors (Lipinski definition) is 5. The van der Waals surface area contributed by atoms with Crippen molar-refractivity contribution in [3.05, 3.63) is 50.2 Å². The third kappa shape index (κ3) is 3.67. The molecule has 0 radical (unpaired) electrons. The van der Waals surface area contributed by atoms with E-state index in [-0.39, 0.29) is 22.8 Å². The second-order valence-corrected chi connectivity index (χ2v) is 3.31. The summed E-state index contributed by atoms with van der Waals surface area (Å²) in [5.41, 5.74) is 0.0256. The van der Waals surface area contributed by atoms with Gasteiger partial charge in [-0.1, -0.05) is 0 Å². The van der Waals surface area contributed by atoms with E-state index in [1.165, 1.54) is 19.1 Å². The Balaban J connectivity index is 3.16. The van der Waals surface area contributed by atoms with E-state index in [4.69, 9.17) is 0 Å². The van der Waals surface area contributed by atoms with Gasteiger partial charge in [0, 0.05) is 24.8 Å². The molecule has 94 valence electrons. The molecule has 0 unspecified atom stereocenters. The fourth-order valence-electron chi connectivity index (χ4n) is 1.26. The van der Waals surface area contributed by atoms with Crippen LogP contribution in [-0.2, 0) is 4.79 Å². The summed E-state index contributed by atoms with van der Waals surface area (Å²) in [4.78, 5) is 30.4. The molecule has 0 spiro atoms. The zero-order valence-corrected chi connectivity index (χ0v) is 9.32. The molecule has 8 nitrogen and oxygen atoms in total. The highest BCUT2D eigenvalue weighted by molar-refractivity contribution is 5.89. The van der Waals surface area contributed by atoms with Crippen LogP contribution in [0.3, 0.4) is 0 Å². The minimum Gasteiger partial charge on any atom is -0.326 e. The van der Waals surface area contributed by atoms with Crippen LogP contribution in [0, 0.1) is 20.2 Å². The Kier molecular flexibility index (Phi) is 4.08. The van der Waals surface area contributed by atoms with Gasteiger partial charge < -0.3 is 5.32 Å². The second-order valence-electron chi connectivity index (χ2n) is 3.31. The maximum absolute atomic E-state index is 10.8. The van der Waals surface area contributed by atoms with E-state index < -0.39 is 9.85 Å². The van der Waals surface area contributed by atoms with Gasteiger partial charge in [0.15, 0.2) is 0 Å². The maximum Gasteiger partial charge on any atom is 0.278 e. The standard InChI is InChI=1S/C10H9N3O5/c1-7(14)11-9-3-2-8(4-5-12(15)16)10(6-9)13(17)18/h2-6H,1H3,(H,11,14)/b5-4+. The topological polar surface area (TPSA) is 115 Å². The van der Waals surface area contributed by atoms with Gasteiger partial charge in [0.1, 0.15) is 0 Å². The first-order valence-electron chi connectivity index (χ1n) is 4.78. The molecular weight excluding hydrogens is 242 g/mol. The summed E-state index contributed by atoms with van der Waals surface area (Å²) in [6.07, 6.45) is 1.64. The number of rotatable bonds is 4. The van der Waals surface area contributed by atoms with Gasteiger partial charge in [-0.2, -0.15) is 0 Å². The predicted molar refractivity (Wildman–Crippen MR) is 63.4 cm³/mol. The third-order valence-corrected chi connectivity index (χ3v) is 1.92. The summed E-state index contributed by atoms with van der Waals surface area (Å²) in [5, 5.41) is 23.3. The van der Waals surface area contributed by atoms with Gasteiger partial charge in [0.2, 0.25) is 12.1 Å². The fraction of sp³-hybridized carbons (Fsp3) is 0.100. The number of nitro benzene ring substituents is 1. The largest absolute Gasteiger partial charge is 0.326 e. The van der Waals surface area contributed by atoms with Crippen molar-refractivity contribution in [3.63, 3.8) is 0 Å². The maximum atomic E-state index is 10.8. The number of anilines is 1. The number of amides is 1. The van der Waals surface area contributed by atoms with Crippen molar-refractivity contribution in [3.8, 4) is 0 Å². The number of carbonyl (C=O) groups is 1. The van der Waals surface area contributed by atoms with Crippen LogP contribution in [0.4, 0.5) is 11.4 Å². The molecule has 0 aliphatic rings. The molecule has 0 aliphatic carbocycles. The number of carbonyl (C=O) groups excluding carboxylic acids is 1. The predicted octanol–water partition coefficient (Wildman–Crippen LogP) is 1.80. The lowest BCUT2D eigenvalue weighted by molar-refractivity contribution is -0.401. The number of nitrogens with one attached hydrogen (secondary N) is 1. The van der Waals surface area contributed by atoms with E-state index in [1.807, 2.05) is 0 Å². The molecule has 1 amide bonds. The molecule has 18 heavy (non-hydrogen) atoms.